The molecule has 130 valence electrons. The van der Waals surface area contributed by atoms with E-state index in [4.69, 9.17) is 0 Å². The van der Waals surface area contributed by atoms with E-state index >= 15 is 0 Å². The Bertz CT molecular complexity index is 721. The first-order valence-electron chi connectivity index (χ1n) is 7.14. The molecule has 24 heavy (non-hydrogen) atoms. The topological polar surface area (TPSA) is 49.8 Å². The molecule has 2 aromatic rings. The van der Waals surface area contributed by atoms with E-state index in [2.05, 4.69) is 36.5 Å². The fourth-order valence-corrected chi connectivity index (χ4v) is 2.01. The highest BCUT2D eigenvalue weighted by Crippen LogP contribution is 2.31. The molecule has 0 unspecified atom stereocenters. The number of halogens is 5. The van der Waals surface area contributed by atoms with Gasteiger partial charge in [0.05, 0.1) is 4.47 Å². The van der Waals surface area contributed by atoms with Crippen LogP contribution in [0.3, 0.4) is 0 Å². The summed E-state index contributed by atoms with van der Waals surface area (Å²) in [5, 5.41) is 5.47. The van der Waals surface area contributed by atoms with Crippen molar-refractivity contribution in [3.63, 3.8) is 0 Å². The van der Waals surface area contributed by atoms with Crippen LogP contribution in [-0.4, -0.2) is 16.0 Å². The van der Waals surface area contributed by atoms with E-state index in [1.807, 2.05) is 6.92 Å². The van der Waals surface area contributed by atoms with Crippen LogP contribution >= 0.6 is 15.9 Å². The Labute approximate surface area is 144 Å². The second-order valence-electron chi connectivity index (χ2n) is 5.17. The smallest absolute Gasteiger partial charge is 0.352 e. The van der Waals surface area contributed by atoms with Gasteiger partial charge in [-0.05, 0) is 47.5 Å². The highest BCUT2D eigenvalue weighted by atomic mass is 79.9. The summed E-state index contributed by atoms with van der Waals surface area (Å²) in [5.41, 5.74) is -0.805. The summed E-state index contributed by atoms with van der Waals surface area (Å²) in [4.78, 5) is 7.51. The Kier molecular flexibility index (Phi) is 5.63. The van der Waals surface area contributed by atoms with Crippen molar-refractivity contribution in [1.82, 2.24) is 9.97 Å². The van der Waals surface area contributed by atoms with Crippen molar-refractivity contribution in [3.8, 4) is 0 Å². The van der Waals surface area contributed by atoms with Crippen LogP contribution in [0.15, 0.2) is 28.7 Å². The highest BCUT2D eigenvalue weighted by Gasteiger charge is 2.34. The molecule has 2 rings (SSSR count). The quantitative estimate of drug-likeness (QED) is 0.656. The van der Waals surface area contributed by atoms with Gasteiger partial charge in [0.1, 0.15) is 11.6 Å². The van der Waals surface area contributed by atoms with Crippen LogP contribution in [0.5, 0.6) is 0 Å². The number of anilines is 3. The average Bonchev–Trinajstić information content (AvgIpc) is 2.49. The van der Waals surface area contributed by atoms with Crippen LogP contribution in [0.2, 0.25) is 0 Å². The number of benzene rings is 1. The summed E-state index contributed by atoms with van der Waals surface area (Å²) in [6, 6.07) is 4.81. The molecule has 9 heteroatoms. The highest BCUT2D eigenvalue weighted by molar-refractivity contribution is 9.10. The van der Waals surface area contributed by atoms with Crippen molar-refractivity contribution in [1.29, 1.82) is 0 Å². The molecule has 0 aliphatic carbocycles. The molecule has 2 N–H and O–H groups in total. The Morgan fingerprint density at radius 2 is 1.92 bits per heavy atom. The van der Waals surface area contributed by atoms with Gasteiger partial charge in [0, 0.05) is 17.8 Å². The van der Waals surface area contributed by atoms with Gasteiger partial charge in [-0.1, -0.05) is 6.92 Å². The predicted octanol–water partition coefficient (Wildman–Crippen LogP) is 5.35. The summed E-state index contributed by atoms with van der Waals surface area (Å²) in [6.45, 7) is 3.69. The first-order chi connectivity index (χ1) is 11.2. The molecule has 1 aromatic heterocycles. The van der Waals surface area contributed by atoms with Crippen LogP contribution in [0.4, 0.5) is 35.0 Å². The Balaban J connectivity index is 2.36. The maximum Gasteiger partial charge on any atom is 0.433 e. The third kappa shape index (κ3) is 4.80. The van der Waals surface area contributed by atoms with Gasteiger partial charge in [0.25, 0.3) is 0 Å². The van der Waals surface area contributed by atoms with E-state index < -0.39 is 17.7 Å². The summed E-state index contributed by atoms with van der Waals surface area (Å²) in [7, 11) is 0. The summed E-state index contributed by atoms with van der Waals surface area (Å²) < 4.78 is 52.8. The summed E-state index contributed by atoms with van der Waals surface area (Å²) in [5.74, 6) is -0.757. The minimum Gasteiger partial charge on any atom is -0.352 e. The zero-order valence-electron chi connectivity index (χ0n) is 12.9. The third-order valence-corrected chi connectivity index (χ3v) is 3.84. The molecule has 0 fully saturated rings. The second kappa shape index (κ2) is 7.33. The molecule has 0 radical (unpaired) electrons. The first kappa shape index (κ1) is 18.4. The number of aromatic nitrogens is 2. The van der Waals surface area contributed by atoms with Gasteiger partial charge in [-0.2, -0.15) is 18.2 Å². The lowest BCUT2D eigenvalue weighted by Crippen LogP contribution is -2.18. The van der Waals surface area contributed by atoms with Crippen molar-refractivity contribution >= 4 is 33.4 Å². The fourth-order valence-electron chi connectivity index (χ4n) is 1.77. The van der Waals surface area contributed by atoms with Crippen LogP contribution in [0.1, 0.15) is 26.0 Å². The molecule has 0 saturated carbocycles. The van der Waals surface area contributed by atoms with Gasteiger partial charge in [-0.3, -0.25) is 0 Å². The van der Waals surface area contributed by atoms with Gasteiger partial charge in [0.2, 0.25) is 5.95 Å². The summed E-state index contributed by atoms with van der Waals surface area (Å²) >= 11 is 3.01. The third-order valence-electron chi connectivity index (χ3n) is 3.20. The van der Waals surface area contributed by atoms with Crippen molar-refractivity contribution in [2.24, 2.45) is 0 Å². The van der Waals surface area contributed by atoms with E-state index in [-0.39, 0.29) is 28.0 Å². The van der Waals surface area contributed by atoms with Gasteiger partial charge in [-0.25, -0.2) is 9.37 Å². The minimum atomic E-state index is -4.61. The zero-order valence-corrected chi connectivity index (χ0v) is 14.5. The largest absolute Gasteiger partial charge is 0.433 e. The van der Waals surface area contributed by atoms with Crippen LogP contribution < -0.4 is 10.6 Å². The van der Waals surface area contributed by atoms with E-state index in [1.165, 1.54) is 12.1 Å². The van der Waals surface area contributed by atoms with E-state index in [0.29, 0.717) is 6.42 Å². The molecule has 1 heterocycles. The number of nitrogens with one attached hydrogen (secondary N) is 2. The van der Waals surface area contributed by atoms with E-state index in [1.54, 1.807) is 6.92 Å². The van der Waals surface area contributed by atoms with Crippen LogP contribution in [0.25, 0.3) is 0 Å². The van der Waals surface area contributed by atoms with Gasteiger partial charge in [0.15, 0.2) is 5.69 Å². The monoisotopic (exact) mass is 406 g/mol. The lowest BCUT2D eigenvalue weighted by atomic mass is 10.3. The average molecular weight is 407 g/mol. The molecular weight excluding hydrogens is 392 g/mol. The molecule has 0 saturated heterocycles. The maximum atomic E-state index is 13.5. The first-order valence-corrected chi connectivity index (χ1v) is 7.93. The second-order valence-corrected chi connectivity index (χ2v) is 6.02. The molecule has 0 amide bonds. The van der Waals surface area contributed by atoms with E-state index in [9.17, 15) is 17.6 Å². The lowest BCUT2D eigenvalue weighted by molar-refractivity contribution is -0.141. The molecule has 1 atom stereocenters. The molecular formula is C15H15BrF4N4. The van der Waals surface area contributed by atoms with Crippen molar-refractivity contribution in [2.75, 3.05) is 10.6 Å². The molecule has 0 aliphatic rings. The zero-order chi connectivity index (χ0) is 17.9. The lowest BCUT2D eigenvalue weighted by Gasteiger charge is -2.15. The number of hydrogen-bond donors (Lipinski definition) is 2. The molecule has 0 spiro atoms. The number of rotatable bonds is 5. The summed E-state index contributed by atoms with van der Waals surface area (Å²) in [6.07, 6.45) is -3.92. The molecule has 0 aliphatic heterocycles. The number of alkyl halides is 3. The van der Waals surface area contributed by atoms with Gasteiger partial charge >= 0.3 is 6.18 Å². The number of hydrogen-bond acceptors (Lipinski definition) is 4. The SMILES string of the molecule is CC[C@@H](C)Nc1nc(Nc2ccc(Br)c(F)c2)cc(C(F)(F)F)n1. The predicted molar refractivity (Wildman–Crippen MR) is 87.8 cm³/mol. The number of nitrogens with zero attached hydrogens (tertiary/aromatic N) is 2. The van der Waals surface area contributed by atoms with Crippen LogP contribution in [-0.2, 0) is 6.18 Å². The van der Waals surface area contributed by atoms with Gasteiger partial charge in [-0.15, -0.1) is 0 Å². The molecule has 4 nitrogen and oxygen atoms in total. The maximum absolute atomic E-state index is 13.5. The van der Waals surface area contributed by atoms with Crippen molar-refractivity contribution in [2.45, 2.75) is 32.5 Å². The van der Waals surface area contributed by atoms with Crippen molar-refractivity contribution in [3.05, 3.63) is 40.2 Å². The molecule has 0 bridgehead atoms. The Morgan fingerprint density at radius 1 is 1.21 bits per heavy atom. The van der Waals surface area contributed by atoms with Crippen molar-refractivity contribution < 1.29 is 17.6 Å². The van der Waals surface area contributed by atoms with Gasteiger partial charge < -0.3 is 10.6 Å². The molecule has 1 aromatic carbocycles. The van der Waals surface area contributed by atoms with E-state index in [0.717, 1.165) is 12.1 Å². The Morgan fingerprint density at radius 3 is 2.50 bits per heavy atom. The fraction of sp³-hybridized carbons (Fsp3) is 0.333. The van der Waals surface area contributed by atoms with Crippen LogP contribution in [0, 0.1) is 5.82 Å². The standard InChI is InChI=1S/C15H15BrF4N4/c1-3-8(2)21-14-23-12(15(18,19)20)7-13(24-14)22-9-4-5-10(16)11(17)6-9/h4-8H,3H2,1-2H3,(H2,21,22,23,24)/t8-/m1/s1. The minimum absolute atomic E-state index is 0.0788. The normalized spacial score (nSPS) is 12.8. The Hall–Kier alpha value is -1.90.